The van der Waals surface area contributed by atoms with E-state index in [0.717, 1.165) is 25.0 Å². The van der Waals surface area contributed by atoms with Gasteiger partial charge in [-0.15, -0.1) is 0 Å². The Labute approximate surface area is 115 Å². The molecule has 2 N–H and O–H groups in total. The van der Waals surface area contributed by atoms with E-state index in [-0.39, 0.29) is 11.5 Å². The number of hydrogen-bond acceptors (Lipinski definition) is 2. The molecule has 1 unspecified atom stereocenters. The van der Waals surface area contributed by atoms with Crippen molar-refractivity contribution in [2.24, 2.45) is 11.7 Å². The zero-order chi connectivity index (χ0) is 14.0. The molecule has 0 bridgehead atoms. The number of nitrogens with two attached hydrogens (primary N) is 1. The molecule has 0 spiro atoms. The molecule has 0 aromatic heterocycles. The van der Waals surface area contributed by atoms with Crippen LogP contribution in [0.4, 0.5) is 8.78 Å². The Morgan fingerprint density at radius 1 is 1.42 bits per heavy atom. The molecule has 1 aromatic rings. The van der Waals surface area contributed by atoms with Gasteiger partial charge in [0, 0.05) is 25.1 Å². The van der Waals surface area contributed by atoms with E-state index in [1.807, 2.05) is 0 Å². The normalized spacial score (nSPS) is 19.3. The molecule has 102 valence electrons. The van der Waals surface area contributed by atoms with Crippen molar-refractivity contribution >= 4 is 23.1 Å². The predicted octanol–water partition coefficient (Wildman–Crippen LogP) is 2.10. The highest BCUT2D eigenvalue weighted by Crippen LogP contribution is 2.20. The molecule has 1 saturated heterocycles. The molecule has 1 amide bonds. The van der Waals surface area contributed by atoms with E-state index in [9.17, 15) is 13.6 Å². The fourth-order valence-corrected chi connectivity index (χ4v) is 2.42. The van der Waals surface area contributed by atoms with Crippen LogP contribution in [0.25, 0.3) is 0 Å². The first-order valence-electron chi connectivity index (χ1n) is 6.02. The van der Waals surface area contributed by atoms with Gasteiger partial charge < -0.3 is 10.6 Å². The standard InChI is InChI=1S/C13H14F2N2OS/c14-9-3-4-10(11(15)6-9)13(18)17-5-1-2-8(7-17)12(16)19/h3-4,6,8H,1-2,5,7H2,(H2,16,19). The average Bonchev–Trinajstić information content (AvgIpc) is 2.38. The van der Waals surface area contributed by atoms with Crippen molar-refractivity contribution in [2.45, 2.75) is 12.8 Å². The van der Waals surface area contributed by atoms with Gasteiger partial charge in [-0.2, -0.15) is 0 Å². The van der Waals surface area contributed by atoms with Crippen LogP contribution in [-0.4, -0.2) is 28.9 Å². The summed E-state index contributed by atoms with van der Waals surface area (Å²) in [5.41, 5.74) is 5.47. The lowest BCUT2D eigenvalue weighted by Gasteiger charge is -2.32. The molecule has 3 nitrogen and oxygen atoms in total. The molecular formula is C13H14F2N2OS. The van der Waals surface area contributed by atoms with Gasteiger partial charge in [-0.3, -0.25) is 4.79 Å². The Kier molecular flexibility index (Phi) is 4.09. The summed E-state index contributed by atoms with van der Waals surface area (Å²) in [5.74, 6) is -2.02. The maximum absolute atomic E-state index is 13.6. The maximum atomic E-state index is 13.6. The number of likely N-dealkylation sites (tertiary alicyclic amines) is 1. The lowest BCUT2D eigenvalue weighted by molar-refractivity contribution is 0.0698. The molecule has 1 fully saturated rings. The summed E-state index contributed by atoms with van der Waals surface area (Å²) in [6.07, 6.45) is 1.61. The highest BCUT2D eigenvalue weighted by molar-refractivity contribution is 7.80. The number of amides is 1. The van der Waals surface area contributed by atoms with Gasteiger partial charge in [-0.1, -0.05) is 12.2 Å². The van der Waals surface area contributed by atoms with Crippen LogP contribution in [0.3, 0.4) is 0 Å². The number of halogens is 2. The smallest absolute Gasteiger partial charge is 0.256 e. The fourth-order valence-electron chi connectivity index (χ4n) is 2.23. The summed E-state index contributed by atoms with van der Waals surface area (Å²) < 4.78 is 26.4. The average molecular weight is 284 g/mol. The topological polar surface area (TPSA) is 46.3 Å². The fraction of sp³-hybridized carbons (Fsp3) is 0.385. The van der Waals surface area contributed by atoms with Gasteiger partial charge in [0.2, 0.25) is 0 Å². The third kappa shape index (κ3) is 3.07. The van der Waals surface area contributed by atoms with E-state index >= 15 is 0 Å². The van der Waals surface area contributed by atoms with Gasteiger partial charge in [-0.25, -0.2) is 8.78 Å². The Morgan fingerprint density at radius 2 is 2.16 bits per heavy atom. The summed E-state index contributed by atoms with van der Waals surface area (Å²) >= 11 is 4.93. The summed E-state index contributed by atoms with van der Waals surface area (Å²) in [5, 5.41) is 0. The summed E-state index contributed by atoms with van der Waals surface area (Å²) in [6.45, 7) is 0.930. The molecule has 6 heteroatoms. The van der Waals surface area contributed by atoms with E-state index < -0.39 is 17.5 Å². The second-order valence-electron chi connectivity index (χ2n) is 4.62. The van der Waals surface area contributed by atoms with Crippen LogP contribution >= 0.6 is 12.2 Å². The molecule has 1 aromatic carbocycles. The van der Waals surface area contributed by atoms with Crippen LogP contribution in [0.15, 0.2) is 18.2 Å². The van der Waals surface area contributed by atoms with Gasteiger partial charge in [0.05, 0.1) is 10.6 Å². The molecule has 1 aliphatic rings. The Balaban J connectivity index is 2.17. The molecule has 0 saturated carbocycles. The van der Waals surface area contributed by atoms with Crippen molar-refractivity contribution in [3.8, 4) is 0 Å². The van der Waals surface area contributed by atoms with Crippen LogP contribution < -0.4 is 5.73 Å². The summed E-state index contributed by atoms with van der Waals surface area (Å²) in [7, 11) is 0. The Bertz CT molecular complexity index is 521. The minimum Gasteiger partial charge on any atom is -0.393 e. The number of thiocarbonyl (C=S) groups is 1. The van der Waals surface area contributed by atoms with Crippen molar-refractivity contribution in [3.05, 3.63) is 35.4 Å². The van der Waals surface area contributed by atoms with Gasteiger partial charge in [0.15, 0.2) is 0 Å². The highest BCUT2D eigenvalue weighted by atomic mass is 32.1. The molecule has 1 aliphatic heterocycles. The minimum absolute atomic E-state index is 0.0313. The quantitative estimate of drug-likeness (QED) is 0.846. The highest BCUT2D eigenvalue weighted by Gasteiger charge is 2.27. The van der Waals surface area contributed by atoms with E-state index in [0.29, 0.717) is 24.1 Å². The van der Waals surface area contributed by atoms with Crippen LogP contribution in [0.1, 0.15) is 23.2 Å². The van der Waals surface area contributed by atoms with Gasteiger partial charge >= 0.3 is 0 Å². The van der Waals surface area contributed by atoms with Crippen LogP contribution in [0, 0.1) is 17.6 Å². The third-order valence-corrected chi connectivity index (χ3v) is 3.61. The lowest BCUT2D eigenvalue weighted by atomic mass is 9.97. The first kappa shape index (κ1) is 13.9. The number of nitrogens with zero attached hydrogens (tertiary/aromatic N) is 1. The second kappa shape index (κ2) is 5.61. The van der Waals surface area contributed by atoms with E-state index in [1.54, 1.807) is 0 Å². The number of carbonyl (C=O) groups is 1. The van der Waals surface area contributed by atoms with Crippen molar-refractivity contribution in [2.75, 3.05) is 13.1 Å². The molecule has 1 atom stereocenters. The third-order valence-electron chi connectivity index (χ3n) is 3.27. The number of hydrogen-bond donors (Lipinski definition) is 1. The number of piperidine rings is 1. The van der Waals surface area contributed by atoms with Gasteiger partial charge in [-0.05, 0) is 25.0 Å². The van der Waals surface area contributed by atoms with Gasteiger partial charge in [0.1, 0.15) is 11.6 Å². The zero-order valence-corrected chi connectivity index (χ0v) is 11.1. The maximum Gasteiger partial charge on any atom is 0.256 e. The van der Waals surface area contributed by atoms with Crippen LogP contribution in [0.5, 0.6) is 0 Å². The first-order valence-corrected chi connectivity index (χ1v) is 6.43. The Hall–Kier alpha value is -1.56. The SMILES string of the molecule is NC(=S)C1CCCN(C(=O)c2ccc(F)cc2F)C1. The van der Waals surface area contributed by atoms with Crippen molar-refractivity contribution in [1.29, 1.82) is 0 Å². The van der Waals surface area contributed by atoms with Crippen molar-refractivity contribution < 1.29 is 13.6 Å². The number of benzene rings is 1. The lowest BCUT2D eigenvalue weighted by Crippen LogP contribution is -2.43. The van der Waals surface area contributed by atoms with Crippen LogP contribution in [-0.2, 0) is 0 Å². The van der Waals surface area contributed by atoms with Gasteiger partial charge in [0.25, 0.3) is 5.91 Å². The molecule has 0 aliphatic carbocycles. The predicted molar refractivity (Wildman–Crippen MR) is 71.8 cm³/mol. The van der Waals surface area contributed by atoms with E-state index in [1.165, 1.54) is 4.90 Å². The summed E-state index contributed by atoms with van der Waals surface area (Å²) in [6, 6.07) is 2.95. The van der Waals surface area contributed by atoms with E-state index in [4.69, 9.17) is 18.0 Å². The van der Waals surface area contributed by atoms with Crippen molar-refractivity contribution in [1.82, 2.24) is 4.90 Å². The zero-order valence-electron chi connectivity index (χ0n) is 10.2. The van der Waals surface area contributed by atoms with E-state index in [2.05, 4.69) is 0 Å². The molecule has 0 radical (unpaired) electrons. The number of carbonyl (C=O) groups excluding carboxylic acids is 1. The van der Waals surface area contributed by atoms with Crippen LogP contribution in [0.2, 0.25) is 0 Å². The molecular weight excluding hydrogens is 270 g/mol. The first-order chi connectivity index (χ1) is 8.99. The largest absolute Gasteiger partial charge is 0.393 e. The summed E-state index contributed by atoms with van der Waals surface area (Å²) in [4.78, 5) is 14.1. The van der Waals surface area contributed by atoms with Crippen molar-refractivity contribution in [3.63, 3.8) is 0 Å². The molecule has 19 heavy (non-hydrogen) atoms. The monoisotopic (exact) mass is 284 g/mol. The second-order valence-corrected chi connectivity index (χ2v) is 5.09. The molecule has 2 rings (SSSR count). The molecule has 1 heterocycles. The Morgan fingerprint density at radius 3 is 2.79 bits per heavy atom. The minimum atomic E-state index is -0.845. The number of rotatable bonds is 2.